The molecule has 0 fully saturated rings. The number of aromatic amines is 1. The van der Waals surface area contributed by atoms with Crippen molar-refractivity contribution in [2.75, 3.05) is 0 Å². The second-order valence-electron chi connectivity index (χ2n) is 5.14. The summed E-state index contributed by atoms with van der Waals surface area (Å²) >= 11 is 0. The highest BCUT2D eigenvalue weighted by atomic mass is 16.3. The molecule has 0 saturated heterocycles. The fourth-order valence-electron chi connectivity index (χ4n) is 2.58. The Morgan fingerprint density at radius 2 is 1.43 bits per heavy atom. The van der Waals surface area contributed by atoms with Gasteiger partial charge in [-0.05, 0) is 5.56 Å². The zero-order chi connectivity index (χ0) is 15.8. The van der Waals surface area contributed by atoms with Crippen molar-refractivity contribution in [1.29, 1.82) is 0 Å². The zero-order valence-corrected chi connectivity index (χ0v) is 12.0. The Hall–Kier alpha value is -3.34. The molecule has 112 valence electrons. The Balaban J connectivity index is 2.06. The van der Waals surface area contributed by atoms with Crippen LogP contribution >= 0.6 is 0 Å². The van der Waals surface area contributed by atoms with Crippen molar-refractivity contribution >= 4 is 5.71 Å². The van der Waals surface area contributed by atoms with Gasteiger partial charge in [0.25, 0.3) is 11.1 Å². The number of nitrogens with zero attached hydrogens (tertiary/aromatic N) is 1. The fourth-order valence-corrected chi connectivity index (χ4v) is 2.58. The van der Waals surface area contributed by atoms with Crippen LogP contribution in [0.1, 0.15) is 0 Å². The van der Waals surface area contributed by atoms with E-state index in [1.165, 1.54) is 6.07 Å². The van der Waals surface area contributed by atoms with E-state index in [0.717, 1.165) is 10.1 Å². The first-order chi connectivity index (χ1) is 11.2. The van der Waals surface area contributed by atoms with Crippen molar-refractivity contribution in [3.63, 3.8) is 0 Å². The maximum atomic E-state index is 12.3. The number of fused-ring (bicyclic) bond motifs is 1. The van der Waals surface area contributed by atoms with Gasteiger partial charge < -0.3 is 4.42 Å². The smallest absolute Gasteiger partial charge is 0.276 e. The first kappa shape index (κ1) is 13.3. The van der Waals surface area contributed by atoms with Crippen LogP contribution in [-0.2, 0) is 0 Å². The van der Waals surface area contributed by atoms with Crippen LogP contribution in [0.25, 0.3) is 28.2 Å². The third kappa shape index (κ3) is 2.19. The molecule has 2 heterocycles. The third-order valence-corrected chi connectivity index (χ3v) is 3.66. The van der Waals surface area contributed by atoms with Crippen LogP contribution in [0.4, 0.5) is 0 Å². The molecule has 0 aliphatic rings. The lowest BCUT2D eigenvalue weighted by Gasteiger charge is -2.02. The molecule has 2 aromatic heterocycles. The Bertz CT molecular complexity index is 1090. The maximum absolute atomic E-state index is 12.3. The molecule has 0 bridgehead atoms. The molecule has 4 rings (SSSR count). The van der Waals surface area contributed by atoms with E-state index in [4.69, 9.17) is 4.42 Å². The summed E-state index contributed by atoms with van der Waals surface area (Å²) < 4.78 is 7.00. The van der Waals surface area contributed by atoms with Gasteiger partial charge in [-0.25, -0.2) is 0 Å². The lowest BCUT2D eigenvalue weighted by molar-refractivity contribution is 0.578. The molecule has 0 spiro atoms. The van der Waals surface area contributed by atoms with Crippen LogP contribution in [0.2, 0.25) is 0 Å². The molecule has 2 aromatic carbocycles. The minimum absolute atomic E-state index is 0.215. The van der Waals surface area contributed by atoms with E-state index in [2.05, 4.69) is 5.10 Å². The quantitative estimate of drug-likeness (QED) is 0.619. The molecule has 0 unspecified atom stereocenters. The molecule has 23 heavy (non-hydrogen) atoms. The topological polar surface area (TPSA) is 67.5 Å². The average Bonchev–Trinajstić information content (AvgIpc) is 2.93. The Kier molecular flexibility index (Phi) is 2.98. The Morgan fingerprint density at radius 3 is 2.09 bits per heavy atom. The highest BCUT2D eigenvalue weighted by Gasteiger charge is 2.16. The summed E-state index contributed by atoms with van der Waals surface area (Å²) in [6.07, 6.45) is 0. The van der Waals surface area contributed by atoms with E-state index < -0.39 is 0 Å². The molecule has 0 saturated carbocycles. The van der Waals surface area contributed by atoms with Gasteiger partial charge in [0.2, 0.25) is 5.71 Å². The number of benzene rings is 2. The summed E-state index contributed by atoms with van der Waals surface area (Å²) in [6.45, 7) is 0. The monoisotopic (exact) mass is 304 g/mol. The number of hydrogen-bond donors (Lipinski definition) is 1. The van der Waals surface area contributed by atoms with Crippen LogP contribution in [0.5, 0.6) is 0 Å². The minimum atomic E-state index is -0.359. The standard InChI is InChI=1S/C18H12N2O3/c21-15-11-14(12-7-3-1-4-8-12)23-18-16(17(22)19-20(15)18)13-9-5-2-6-10-13/h1-11H,(H,19,22). The fraction of sp³-hybridized carbons (Fsp3) is 0. The number of nitrogens with one attached hydrogen (secondary N) is 1. The van der Waals surface area contributed by atoms with Crippen molar-refractivity contribution < 1.29 is 4.42 Å². The van der Waals surface area contributed by atoms with Gasteiger partial charge in [0.15, 0.2) is 0 Å². The van der Waals surface area contributed by atoms with E-state index in [0.29, 0.717) is 16.9 Å². The van der Waals surface area contributed by atoms with Crippen LogP contribution in [0.15, 0.2) is 80.7 Å². The lowest BCUT2D eigenvalue weighted by atomic mass is 10.1. The molecular formula is C18H12N2O3. The summed E-state index contributed by atoms with van der Waals surface area (Å²) in [5, 5.41) is 2.53. The molecule has 0 amide bonds. The van der Waals surface area contributed by atoms with E-state index in [1.807, 2.05) is 48.5 Å². The summed E-state index contributed by atoms with van der Waals surface area (Å²) in [5.74, 6) is 0.423. The highest BCUT2D eigenvalue weighted by Crippen LogP contribution is 2.24. The van der Waals surface area contributed by atoms with E-state index in [1.54, 1.807) is 12.1 Å². The molecule has 5 heteroatoms. The van der Waals surface area contributed by atoms with Gasteiger partial charge in [-0.3, -0.25) is 14.7 Å². The van der Waals surface area contributed by atoms with Crippen molar-refractivity contribution in [3.05, 3.63) is 87.4 Å². The first-order valence-electron chi connectivity index (χ1n) is 7.14. The molecule has 1 N–H and O–H groups in total. The maximum Gasteiger partial charge on any atom is 0.276 e. The van der Waals surface area contributed by atoms with Gasteiger partial charge in [0.1, 0.15) is 11.3 Å². The van der Waals surface area contributed by atoms with E-state index >= 15 is 0 Å². The van der Waals surface area contributed by atoms with Crippen molar-refractivity contribution in [2.24, 2.45) is 0 Å². The van der Waals surface area contributed by atoms with Crippen LogP contribution in [0, 0.1) is 0 Å². The molecule has 0 aliphatic heterocycles. The number of hydrogen-bond acceptors (Lipinski definition) is 3. The lowest BCUT2D eigenvalue weighted by Crippen LogP contribution is -2.14. The van der Waals surface area contributed by atoms with E-state index in [9.17, 15) is 9.59 Å². The molecule has 0 atom stereocenters. The van der Waals surface area contributed by atoms with Gasteiger partial charge in [-0.2, -0.15) is 4.52 Å². The van der Waals surface area contributed by atoms with Gasteiger partial charge in [-0.15, -0.1) is 0 Å². The number of H-pyrrole nitrogens is 1. The van der Waals surface area contributed by atoms with Crippen LogP contribution < -0.4 is 11.1 Å². The summed E-state index contributed by atoms with van der Waals surface area (Å²) in [5.41, 5.74) is 1.34. The Morgan fingerprint density at radius 1 is 0.826 bits per heavy atom. The zero-order valence-electron chi connectivity index (χ0n) is 12.0. The first-order valence-corrected chi connectivity index (χ1v) is 7.14. The average molecular weight is 304 g/mol. The molecule has 0 aliphatic carbocycles. The van der Waals surface area contributed by atoms with Gasteiger partial charge in [-0.1, -0.05) is 60.7 Å². The number of rotatable bonds is 2. The van der Waals surface area contributed by atoms with Crippen LogP contribution in [0.3, 0.4) is 0 Å². The molecule has 4 aromatic rings. The summed E-state index contributed by atoms with van der Waals surface area (Å²) in [7, 11) is 0. The molecule has 5 nitrogen and oxygen atoms in total. The second kappa shape index (κ2) is 5.14. The molecule has 0 radical (unpaired) electrons. The Labute approximate surface area is 130 Å². The van der Waals surface area contributed by atoms with Gasteiger partial charge in [0.05, 0.1) is 0 Å². The van der Waals surface area contributed by atoms with E-state index in [-0.39, 0.29) is 16.8 Å². The van der Waals surface area contributed by atoms with Crippen LogP contribution in [-0.4, -0.2) is 9.61 Å². The largest absolute Gasteiger partial charge is 0.437 e. The van der Waals surface area contributed by atoms with Crippen molar-refractivity contribution in [2.45, 2.75) is 0 Å². The summed E-state index contributed by atoms with van der Waals surface area (Å²) in [6, 6.07) is 19.8. The predicted octanol–water partition coefficient (Wildman–Crippen LogP) is 2.91. The SMILES string of the molecule is O=c1[nH]n2c(=O)cc(-c3ccccc3)oc2c1-c1ccccc1. The highest BCUT2D eigenvalue weighted by molar-refractivity contribution is 5.76. The van der Waals surface area contributed by atoms with Gasteiger partial charge in [0, 0.05) is 11.6 Å². The van der Waals surface area contributed by atoms with Crippen molar-refractivity contribution in [3.8, 4) is 22.5 Å². The normalized spacial score (nSPS) is 11.0. The minimum Gasteiger partial charge on any atom is -0.437 e. The van der Waals surface area contributed by atoms with Gasteiger partial charge >= 0.3 is 0 Å². The second-order valence-corrected chi connectivity index (χ2v) is 5.14. The number of aromatic nitrogens is 2. The van der Waals surface area contributed by atoms with Crippen molar-refractivity contribution in [1.82, 2.24) is 9.61 Å². The summed E-state index contributed by atoms with van der Waals surface area (Å²) in [4.78, 5) is 24.6. The molecular weight excluding hydrogens is 292 g/mol. The predicted molar refractivity (Wildman–Crippen MR) is 87.4 cm³/mol. The third-order valence-electron chi connectivity index (χ3n) is 3.66.